The lowest BCUT2D eigenvalue weighted by Crippen LogP contribution is -2.20. The number of carbonyl (C=O) groups is 1. The molecule has 1 aliphatic heterocycles. The molecule has 6 heteroatoms. The van der Waals surface area contributed by atoms with E-state index >= 15 is 0 Å². The monoisotopic (exact) mass is 369 g/mol. The molecule has 0 saturated carbocycles. The predicted octanol–water partition coefficient (Wildman–Crippen LogP) is 3.29. The van der Waals surface area contributed by atoms with E-state index in [4.69, 9.17) is 9.47 Å². The van der Waals surface area contributed by atoms with E-state index in [0.717, 1.165) is 53.7 Å². The lowest BCUT2D eigenvalue weighted by atomic mass is 10.1. The van der Waals surface area contributed by atoms with Crippen molar-refractivity contribution in [3.8, 4) is 5.75 Å². The molecule has 0 radical (unpaired) electrons. The molecule has 0 amide bonds. The van der Waals surface area contributed by atoms with Crippen molar-refractivity contribution in [1.82, 2.24) is 10.3 Å². The van der Waals surface area contributed by atoms with Crippen LogP contribution in [0.25, 0.3) is 10.9 Å². The summed E-state index contributed by atoms with van der Waals surface area (Å²) in [6.45, 7) is 4.30. The van der Waals surface area contributed by atoms with Crippen molar-refractivity contribution in [2.45, 2.75) is 32.2 Å². The fraction of sp³-hybridized carbons (Fsp3) is 0.429. The van der Waals surface area contributed by atoms with Gasteiger partial charge < -0.3 is 20.1 Å². The minimum atomic E-state index is -0.172. The molecule has 6 nitrogen and oxygen atoms in total. The summed E-state index contributed by atoms with van der Waals surface area (Å²) in [6, 6.07) is 8.28. The van der Waals surface area contributed by atoms with Crippen LogP contribution in [-0.2, 0) is 9.53 Å². The molecule has 0 aliphatic carbocycles. The summed E-state index contributed by atoms with van der Waals surface area (Å²) in [7, 11) is 1.68. The van der Waals surface area contributed by atoms with Crippen LogP contribution < -0.4 is 15.4 Å². The summed E-state index contributed by atoms with van der Waals surface area (Å²) >= 11 is 0. The highest BCUT2D eigenvalue weighted by Crippen LogP contribution is 2.28. The molecule has 27 heavy (non-hydrogen) atoms. The van der Waals surface area contributed by atoms with Gasteiger partial charge in [0, 0.05) is 42.2 Å². The van der Waals surface area contributed by atoms with Crippen LogP contribution >= 0.6 is 0 Å². The number of methoxy groups -OCH3 is 1. The van der Waals surface area contributed by atoms with Gasteiger partial charge >= 0.3 is 5.97 Å². The molecule has 0 bridgehead atoms. The molecular weight excluding hydrogens is 342 g/mol. The Kier molecular flexibility index (Phi) is 6.65. The Morgan fingerprint density at radius 3 is 3.07 bits per heavy atom. The van der Waals surface area contributed by atoms with E-state index < -0.39 is 0 Å². The Hall–Kier alpha value is -2.60. The number of carbonyl (C=O) groups excluding carboxylic acids is 1. The van der Waals surface area contributed by atoms with E-state index in [-0.39, 0.29) is 5.97 Å². The van der Waals surface area contributed by atoms with Gasteiger partial charge in [0.05, 0.1) is 24.9 Å². The summed E-state index contributed by atoms with van der Waals surface area (Å²) in [5.41, 5.74) is 2.74. The predicted molar refractivity (Wildman–Crippen MR) is 107 cm³/mol. The molecule has 1 aromatic heterocycles. The molecule has 1 unspecified atom stereocenters. The third-order valence-corrected chi connectivity index (χ3v) is 4.67. The number of rotatable bonds is 9. The van der Waals surface area contributed by atoms with Crippen molar-refractivity contribution in [3.05, 3.63) is 42.1 Å². The summed E-state index contributed by atoms with van der Waals surface area (Å²) < 4.78 is 10.3. The third-order valence-electron chi connectivity index (χ3n) is 4.67. The number of hydrogen-bond donors (Lipinski definition) is 2. The maximum Gasteiger partial charge on any atom is 0.333 e. The number of aromatic nitrogens is 1. The van der Waals surface area contributed by atoms with Crippen LogP contribution in [0.4, 0.5) is 5.69 Å². The molecule has 1 aliphatic rings. The molecule has 0 spiro atoms. The molecule has 1 atom stereocenters. The summed E-state index contributed by atoms with van der Waals surface area (Å²) in [4.78, 5) is 15.9. The van der Waals surface area contributed by atoms with Gasteiger partial charge in [-0.15, -0.1) is 0 Å². The van der Waals surface area contributed by atoms with Crippen LogP contribution in [0.3, 0.4) is 0 Å². The zero-order valence-corrected chi connectivity index (χ0v) is 16.0. The average Bonchev–Trinajstić information content (AvgIpc) is 3.09. The van der Waals surface area contributed by atoms with Gasteiger partial charge in [-0.2, -0.15) is 0 Å². The van der Waals surface area contributed by atoms with E-state index in [1.807, 2.05) is 36.5 Å². The molecule has 1 aromatic carbocycles. The van der Waals surface area contributed by atoms with Gasteiger partial charge in [0.1, 0.15) is 5.75 Å². The highest BCUT2D eigenvalue weighted by atomic mass is 16.5. The molecular formula is C21H27N3O3. The zero-order valence-electron chi connectivity index (χ0n) is 16.0. The van der Waals surface area contributed by atoms with Crippen molar-refractivity contribution < 1.29 is 14.3 Å². The number of cyclic esters (lactones) is 1. The second-order valence-electron chi connectivity index (χ2n) is 6.76. The third kappa shape index (κ3) is 5.20. The van der Waals surface area contributed by atoms with E-state index in [9.17, 15) is 4.79 Å². The lowest BCUT2D eigenvalue weighted by Gasteiger charge is -2.17. The van der Waals surface area contributed by atoms with E-state index in [1.54, 1.807) is 7.11 Å². The average molecular weight is 369 g/mol. The Balaban J connectivity index is 1.46. The Morgan fingerprint density at radius 1 is 1.41 bits per heavy atom. The zero-order chi connectivity index (χ0) is 19.1. The maximum absolute atomic E-state index is 11.4. The summed E-state index contributed by atoms with van der Waals surface area (Å²) in [6.07, 6.45) is 6.53. The van der Waals surface area contributed by atoms with Crippen molar-refractivity contribution in [2.24, 2.45) is 0 Å². The van der Waals surface area contributed by atoms with Gasteiger partial charge in [0.15, 0.2) is 0 Å². The number of anilines is 1. The molecule has 1 saturated heterocycles. The van der Waals surface area contributed by atoms with Crippen LogP contribution in [0.5, 0.6) is 5.75 Å². The van der Waals surface area contributed by atoms with Crippen LogP contribution in [-0.4, -0.2) is 43.8 Å². The normalized spacial score (nSPS) is 16.5. The molecule has 2 heterocycles. The second-order valence-corrected chi connectivity index (χ2v) is 6.76. The molecule has 3 rings (SSSR count). The lowest BCUT2D eigenvalue weighted by molar-refractivity contribution is -0.135. The number of fused-ring (bicyclic) bond motifs is 1. The van der Waals surface area contributed by atoms with Gasteiger partial charge in [0.25, 0.3) is 0 Å². The SMILES string of the molecule is COc1cc(NC(C)CCCNCC=C2CCOC2=O)c2ncccc2c1. The number of pyridine rings is 1. The van der Waals surface area contributed by atoms with Crippen LogP contribution in [0, 0.1) is 0 Å². The van der Waals surface area contributed by atoms with Crippen molar-refractivity contribution in [1.29, 1.82) is 0 Å². The topological polar surface area (TPSA) is 72.5 Å². The highest BCUT2D eigenvalue weighted by Gasteiger charge is 2.17. The summed E-state index contributed by atoms with van der Waals surface area (Å²) in [5, 5.41) is 7.98. The number of ether oxygens (including phenoxy) is 2. The van der Waals surface area contributed by atoms with Gasteiger partial charge in [-0.05, 0) is 38.4 Å². The standard InChI is InChI=1S/C21H27N3O3/c1-15(5-3-9-22-11-7-16-8-12-27-21(16)25)24-19-14-18(26-2)13-17-6-4-10-23-20(17)19/h4,6-7,10,13-15,22,24H,3,5,8-9,11-12H2,1-2H3. The second kappa shape index (κ2) is 9.37. The van der Waals surface area contributed by atoms with Gasteiger partial charge in [-0.25, -0.2) is 4.79 Å². The summed E-state index contributed by atoms with van der Waals surface area (Å²) in [5.74, 6) is 0.652. The Bertz CT molecular complexity index is 819. The maximum atomic E-state index is 11.4. The first kappa shape index (κ1) is 19.2. The van der Waals surface area contributed by atoms with E-state index in [2.05, 4.69) is 22.5 Å². The fourth-order valence-electron chi connectivity index (χ4n) is 3.19. The first-order chi connectivity index (χ1) is 13.2. The van der Waals surface area contributed by atoms with Crippen molar-refractivity contribution in [3.63, 3.8) is 0 Å². The van der Waals surface area contributed by atoms with Crippen LogP contribution in [0.15, 0.2) is 42.1 Å². The van der Waals surface area contributed by atoms with Gasteiger partial charge in [-0.3, -0.25) is 4.98 Å². The molecule has 1 fully saturated rings. The first-order valence-corrected chi connectivity index (χ1v) is 9.43. The van der Waals surface area contributed by atoms with Crippen molar-refractivity contribution in [2.75, 3.05) is 32.1 Å². The molecule has 2 aromatic rings. The number of benzene rings is 1. The minimum Gasteiger partial charge on any atom is -0.497 e. The van der Waals surface area contributed by atoms with Crippen LogP contribution in [0.1, 0.15) is 26.2 Å². The number of esters is 1. The Morgan fingerprint density at radius 2 is 2.30 bits per heavy atom. The highest BCUT2D eigenvalue weighted by molar-refractivity contribution is 5.92. The fourth-order valence-corrected chi connectivity index (χ4v) is 3.19. The van der Waals surface area contributed by atoms with Crippen molar-refractivity contribution >= 4 is 22.6 Å². The van der Waals surface area contributed by atoms with Gasteiger partial charge in [-0.1, -0.05) is 12.1 Å². The quantitative estimate of drug-likeness (QED) is 0.401. The van der Waals surface area contributed by atoms with E-state index in [0.29, 0.717) is 19.2 Å². The van der Waals surface area contributed by atoms with E-state index in [1.165, 1.54) is 0 Å². The molecule has 2 N–H and O–H groups in total. The largest absolute Gasteiger partial charge is 0.497 e. The first-order valence-electron chi connectivity index (χ1n) is 9.43. The Labute approximate surface area is 160 Å². The minimum absolute atomic E-state index is 0.172. The number of nitrogens with zero attached hydrogens (tertiary/aromatic N) is 1. The smallest absolute Gasteiger partial charge is 0.333 e. The molecule has 144 valence electrons. The van der Waals surface area contributed by atoms with Gasteiger partial charge in [0.2, 0.25) is 0 Å². The van der Waals surface area contributed by atoms with Crippen LogP contribution in [0.2, 0.25) is 0 Å². The number of hydrogen-bond acceptors (Lipinski definition) is 6. The number of nitrogens with one attached hydrogen (secondary N) is 2.